The molecule has 0 aliphatic carbocycles. The van der Waals surface area contributed by atoms with E-state index >= 15 is 0 Å². The summed E-state index contributed by atoms with van der Waals surface area (Å²) in [7, 11) is 0. The van der Waals surface area contributed by atoms with Gasteiger partial charge in [-0.3, -0.25) is 14.6 Å². The molecule has 0 aliphatic rings. The van der Waals surface area contributed by atoms with Crippen molar-refractivity contribution >= 4 is 11.8 Å². The number of carbonyl (C=O) groups excluding carboxylic acids is 2. The summed E-state index contributed by atoms with van der Waals surface area (Å²) >= 11 is 0. The molecule has 2 rings (SSSR count). The topological polar surface area (TPSA) is 86.9 Å². The van der Waals surface area contributed by atoms with E-state index in [0.29, 0.717) is 17.5 Å². The first kappa shape index (κ1) is 18.7. The van der Waals surface area contributed by atoms with Gasteiger partial charge in [-0.2, -0.15) is 0 Å². The Morgan fingerprint density at radius 1 is 1.00 bits per heavy atom. The Kier molecular flexibility index (Phi) is 5.30. The molecule has 0 saturated carbocycles. The van der Waals surface area contributed by atoms with E-state index in [-0.39, 0.29) is 17.4 Å². The Labute approximate surface area is 148 Å². The largest absolute Gasteiger partial charge is 0.367 e. The van der Waals surface area contributed by atoms with Gasteiger partial charge in [-0.25, -0.2) is 0 Å². The Morgan fingerprint density at radius 2 is 1.68 bits per heavy atom. The fourth-order valence-corrected chi connectivity index (χ4v) is 2.42. The van der Waals surface area contributed by atoms with Crippen molar-refractivity contribution in [3.05, 3.63) is 53.6 Å². The predicted octanol–water partition coefficient (Wildman–Crippen LogP) is 2.69. The molecule has 0 radical (unpaired) electrons. The zero-order chi connectivity index (χ0) is 18.7. The molecule has 0 unspecified atom stereocenters. The van der Waals surface area contributed by atoms with Gasteiger partial charge in [0.1, 0.15) is 0 Å². The highest BCUT2D eigenvalue weighted by molar-refractivity contribution is 5.95. The molecule has 3 N–H and O–H groups in total. The van der Waals surface area contributed by atoms with Gasteiger partial charge < -0.3 is 15.6 Å². The number of H-pyrrole nitrogens is 1. The Bertz CT molecular complexity index is 726. The number of pyridine rings is 1. The van der Waals surface area contributed by atoms with Crippen molar-refractivity contribution in [1.29, 1.82) is 0 Å². The average molecular weight is 342 g/mol. The first-order valence-electron chi connectivity index (χ1n) is 8.28. The third-order valence-corrected chi connectivity index (χ3v) is 3.51. The van der Waals surface area contributed by atoms with Gasteiger partial charge in [-0.15, -0.1) is 0 Å². The first-order valence-corrected chi connectivity index (χ1v) is 8.28. The van der Waals surface area contributed by atoms with Crippen LogP contribution in [0, 0.1) is 0 Å². The molecular weight excluding hydrogens is 316 g/mol. The van der Waals surface area contributed by atoms with Crippen molar-refractivity contribution in [1.82, 2.24) is 20.6 Å². The van der Waals surface area contributed by atoms with E-state index in [0.717, 1.165) is 5.69 Å². The number of hydrogen-bond acceptors (Lipinski definition) is 3. The minimum Gasteiger partial charge on any atom is -0.367 e. The number of carbonyl (C=O) groups is 2. The van der Waals surface area contributed by atoms with Gasteiger partial charge in [0.05, 0.1) is 11.1 Å². The quantitative estimate of drug-likeness (QED) is 0.781. The highest BCUT2D eigenvalue weighted by atomic mass is 16.2. The molecule has 2 heterocycles. The van der Waals surface area contributed by atoms with Crippen molar-refractivity contribution in [2.75, 3.05) is 0 Å². The first-order chi connectivity index (χ1) is 11.6. The van der Waals surface area contributed by atoms with E-state index in [1.807, 2.05) is 40.7 Å². The van der Waals surface area contributed by atoms with Crippen LogP contribution in [0.2, 0.25) is 0 Å². The lowest BCUT2D eigenvalue weighted by atomic mass is 9.97. The molecule has 6 nitrogen and oxygen atoms in total. The fourth-order valence-electron chi connectivity index (χ4n) is 2.42. The zero-order valence-electron chi connectivity index (χ0n) is 15.4. The number of hydrogen-bond donors (Lipinski definition) is 3. The molecule has 2 amide bonds. The van der Waals surface area contributed by atoms with Crippen LogP contribution in [0.1, 0.15) is 61.0 Å². The lowest BCUT2D eigenvalue weighted by Gasteiger charge is -2.26. The van der Waals surface area contributed by atoms with Gasteiger partial charge in [0.25, 0.3) is 11.8 Å². The number of aromatic amines is 1. The van der Waals surface area contributed by atoms with E-state index in [1.165, 1.54) is 0 Å². The molecule has 6 heteroatoms. The lowest BCUT2D eigenvalue weighted by Crippen LogP contribution is -2.45. The lowest BCUT2D eigenvalue weighted by molar-refractivity contribution is 0.0907. The van der Waals surface area contributed by atoms with E-state index in [4.69, 9.17) is 0 Å². The van der Waals surface area contributed by atoms with Gasteiger partial charge in [0, 0.05) is 41.8 Å². The maximum absolute atomic E-state index is 12.2. The van der Waals surface area contributed by atoms with Crippen molar-refractivity contribution in [2.24, 2.45) is 0 Å². The van der Waals surface area contributed by atoms with Crippen LogP contribution in [-0.2, 0) is 6.42 Å². The molecule has 0 aromatic carbocycles. The number of amides is 2. The molecule has 2 aromatic rings. The molecule has 0 aliphatic heterocycles. The molecular formula is C19H26N4O2. The fraction of sp³-hybridized carbons (Fsp3) is 0.421. The second kappa shape index (κ2) is 7.09. The van der Waals surface area contributed by atoms with E-state index in [1.54, 1.807) is 30.7 Å². The highest BCUT2D eigenvalue weighted by Crippen LogP contribution is 2.13. The summed E-state index contributed by atoms with van der Waals surface area (Å²) in [5.74, 6) is -0.279. The molecule has 25 heavy (non-hydrogen) atoms. The molecule has 2 aromatic heterocycles. The van der Waals surface area contributed by atoms with Gasteiger partial charge in [-0.05, 0) is 52.8 Å². The van der Waals surface area contributed by atoms with Crippen molar-refractivity contribution in [3.63, 3.8) is 0 Å². The summed E-state index contributed by atoms with van der Waals surface area (Å²) in [4.78, 5) is 31.5. The van der Waals surface area contributed by atoms with Crippen molar-refractivity contribution in [2.45, 2.75) is 52.1 Å². The van der Waals surface area contributed by atoms with Crippen LogP contribution >= 0.6 is 0 Å². The van der Waals surface area contributed by atoms with Crippen molar-refractivity contribution < 1.29 is 9.59 Å². The molecule has 134 valence electrons. The van der Waals surface area contributed by atoms with Crippen molar-refractivity contribution in [3.8, 4) is 0 Å². The number of nitrogens with one attached hydrogen (secondary N) is 3. The van der Waals surface area contributed by atoms with Gasteiger partial charge in [-0.1, -0.05) is 0 Å². The summed E-state index contributed by atoms with van der Waals surface area (Å²) in [6.45, 7) is 9.69. The second-order valence-electron chi connectivity index (χ2n) is 7.86. The summed E-state index contributed by atoms with van der Waals surface area (Å²) in [6.07, 6.45) is 5.50. The minimum atomic E-state index is -0.462. The van der Waals surface area contributed by atoms with Crippen LogP contribution in [-0.4, -0.2) is 32.9 Å². The van der Waals surface area contributed by atoms with Crippen LogP contribution < -0.4 is 10.6 Å². The van der Waals surface area contributed by atoms with E-state index in [9.17, 15) is 9.59 Å². The summed E-state index contributed by atoms with van der Waals surface area (Å²) in [5, 5.41) is 5.90. The van der Waals surface area contributed by atoms with Gasteiger partial charge in [0.15, 0.2) is 0 Å². The highest BCUT2D eigenvalue weighted by Gasteiger charge is 2.23. The summed E-state index contributed by atoms with van der Waals surface area (Å²) < 4.78 is 0. The molecule has 0 atom stereocenters. The van der Waals surface area contributed by atoms with Crippen LogP contribution in [0.4, 0.5) is 0 Å². The molecule has 0 saturated heterocycles. The Balaban J connectivity index is 2.00. The van der Waals surface area contributed by atoms with E-state index < -0.39 is 5.54 Å². The maximum atomic E-state index is 12.2. The van der Waals surface area contributed by atoms with Crippen LogP contribution in [0.25, 0.3) is 0 Å². The maximum Gasteiger partial charge on any atom is 0.253 e. The molecule has 0 bridgehead atoms. The number of nitrogens with zero attached hydrogens (tertiary/aromatic N) is 1. The Hall–Kier alpha value is -2.63. The van der Waals surface area contributed by atoms with Crippen LogP contribution in [0.15, 0.2) is 36.8 Å². The molecule has 0 fully saturated rings. The molecule has 0 spiro atoms. The average Bonchev–Trinajstić information content (AvgIpc) is 2.99. The van der Waals surface area contributed by atoms with Crippen LogP contribution in [0.5, 0.6) is 0 Å². The smallest absolute Gasteiger partial charge is 0.253 e. The minimum absolute atomic E-state index is 0.132. The summed E-state index contributed by atoms with van der Waals surface area (Å²) in [6, 6.07) is 5.31. The van der Waals surface area contributed by atoms with Gasteiger partial charge in [0.2, 0.25) is 0 Å². The summed E-state index contributed by atoms with van der Waals surface area (Å²) in [5.41, 5.74) is 1.17. The number of rotatable bonds is 5. The third-order valence-electron chi connectivity index (χ3n) is 3.51. The Morgan fingerprint density at radius 3 is 2.20 bits per heavy atom. The third kappa shape index (κ3) is 5.74. The monoisotopic (exact) mass is 342 g/mol. The standard InChI is InChI=1S/C19H26N4O2/c1-18(2,3)22-16(24)13-6-7-15(21-12-13)10-19(4,5)23-17(25)14-8-9-20-11-14/h6-9,11-12,20H,10H2,1-5H3,(H,22,24)(H,23,25). The normalized spacial score (nSPS) is 11.9. The SMILES string of the molecule is CC(C)(C)NC(=O)c1ccc(CC(C)(C)NC(=O)c2cc[nH]c2)nc1. The second-order valence-corrected chi connectivity index (χ2v) is 7.86. The predicted molar refractivity (Wildman–Crippen MR) is 97.5 cm³/mol. The zero-order valence-corrected chi connectivity index (χ0v) is 15.4. The number of aromatic nitrogens is 2. The van der Waals surface area contributed by atoms with E-state index in [2.05, 4.69) is 20.6 Å². The van der Waals surface area contributed by atoms with Crippen LogP contribution in [0.3, 0.4) is 0 Å². The van der Waals surface area contributed by atoms with Gasteiger partial charge >= 0.3 is 0 Å².